The van der Waals surface area contributed by atoms with Crippen molar-refractivity contribution >= 4 is 17.6 Å². The molecule has 0 spiro atoms. The quantitative estimate of drug-likeness (QED) is 0.689. The van der Waals surface area contributed by atoms with Crippen LogP contribution >= 0.6 is 0 Å². The number of urea groups is 1. The summed E-state index contributed by atoms with van der Waals surface area (Å²) in [6.45, 7) is -0.0386. The Kier molecular flexibility index (Phi) is 2.99. The van der Waals surface area contributed by atoms with Crippen LogP contribution in [0.5, 0.6) is 11.5 Å². The number of benzene rings is 1. The first kappa shape index (κ1) is 11.1. The van der Waals surface area contributed by atoms with E-state index < -0.39 is 11.9 Å². The first-order chi connectivity index (χ1) is 8.15. The van der Waals surface area contributed by atoms with E-state index in [-0.39, 0.29) is 13.3 Å². The van der Waals surface area contributed by atoms with E-state index in [0.717, 1.165) is 0 Å². The van der Waals surface area contributed by atoms with Gasteiger partial charge >= 0.3 is 6.03 Å². The van der Waals surface area contributed by atoms with E-state index in [1.807, 2.05) is 0 Å². The maximum Gasteiger partial charge on any atom is 0.319 e. The summed E-state index contributed by atoms with van der Waals surface area (Å²) in [5.41, 5.74) is 5.43. The van der Waals surface area contributed by atoms with E-state index >= 15 is 0 Å². The van der Waals surface area contributed by atoms with Gasteiger partial charge in [0.2, 0.25) is 12.7 Å². The molecule has 17 heavy (non-hydrogen) atoms. The molecule has 0 aliphatic carbocycles. The van der Waals surface area contributed by atoms with Gasteiger partial charge in [0.15, 0.2) is 11.5 Å². The number of nitrogens with one attached hydrogen (secondary N) is 2. The van der Waals surface area contributed by atoms with Gasteiger partial charge in [-0.15, -0.1) is 0 Å². The van der Waals surface area contributed by atoms with Gasteiger partial charge in [0.25, 0.3) is 0 Å². The molecule has 1 heterocycles. The standard InChI is InChI=1S/C10H11N3O4/c11-9(14)4-12-10(15)13-6-1-2-7-8(3-6)17-5-16-7/h1-3H,4-5H2,(H2,11,14)(H2,12,13,15). The van der Waals surface area contributed by atoms with Crippen LogP contribution < -0.4 is 25.8 Å². The molecule has 1 aromatic carbocycles. The van der Waals surface area contributed by atoms with Crippen molar-refractivity contribution < 1.29 is 19.1 Å². The normalized spacial score (nSPS) is 12.0. The van der Waals surface area contributed by atoms with Gasteiger partial charge in [0, 0.05) is 11.8 Å². The van der Waals surface area contributed by atoms with Crippen LogP contribution in [-0.2, 0) is 4.79 Å². The van der Waals surface area contributed by atoms with E-state index in [0.29, 0.717) is 17.2 Å². The monoisotopic (exact) mass is 237 g/mol. The van der Waals surface area contributed by atoms with Crippen molar-refractivity contribution in [2.24, 2.45) is 5.73 Å². The summed E-state index contributed by atoms with van der Waals surface area (Å²) in [5.74, 6) is 0.594. The molecule has 1 aliphatic heterocycles. The molecule has 0 saturated carbocycles. The van der Waals surface area contributed by atoms with Gasteiger partial charge in [-0.1, -0.05) is 0 Å². The Morgan fingerprint density at radius 3 is 2.82 bits per heavy atom. The SMILES string of the molecule is NC(=O)CNC(=O)Nc1ccc2c(c1)OCO2. The van der Waals surface area contributed by atoms with Crippen LogP contribution in [0.25, 0.3) is 0 Å². The Hall–Kier alpha value is -2.44. The Labute approximate surface area is 96.9 Å². The number of rotatable bonds is 3. The molecule has 7 nitrogen and oxygen atoms in total. The second-order valence-electron chi connectivity index (χ2n) is 3.34. The second kappa shape index (κ2) is 4.60. The minimum Gasteiger partial charge on any atom is -0.454 e. The third-order valence-electron chi connectivity index (χ3n) is 2.05. The Bertz CT molecular complexity index is 461. The summed E-state index contributed by atoms with van der Waals surface area (Å²) in [4.78, 5) is 21.8. The van der Waals surface area contributed by atoms with Gasteiger partial charge in [0.1, 0.15) is 0 Å². The van der Waals surface area contributed by atoms with E-state index in [2.05, 4.69) is 10.6 Å². The Morgan fingerprint density at radius 2 is 2.06 bits per heavy atom. The third kappa shape index (κ3) is 2.77. The summed E-state index contributed by atoms with van der Waals surface area (Å²) >= 11 is 0. The van der Waals surface area contributed by atoms with Crippen molar-refractivity contribution in [3.05, 3.63) is 18.2 Å². The van der Waals surface area contributed by atoms with E-state index in [4.69, 9.17) is 15.2 Å². The Morgan fingerprint density at radius 1 is 1.29 bits per heavy atom. The summed E-state index contributed by atoms with van der Waals surface area (Å²) in [6, 6.07) is 4.47. The fourth-order valence-electron chi connectivity index (χ4n) is 1.32. The van der Waals surface area contributed by atoms with E-state index in [9.17, 15) is 9.59 Å². The minimum atomic E-state index is -0.606. The molecular formula is C10H11N3O4. The number of hydrogen-bond donors (Lipinski definition) is 3. The summed E-state index contributed by atoms with van der Waals surface area (Å²) in [6.07, 6.45) is 0. The fourth-order valence-corrected chi connectivity index (χ4v) is 1.32. The first-order valence-electron chi connectivity index (χ1n) is 4.88. The molecular weight excluding hydrogens is 226 g/mol. The number of primary amides is 1. The molecule has 1 aliphatic rings. The van der Waals surface area contributed by atoms with Gasteiger partial charge in [-0.05, 0) is 12.1 Å². The number of ether oxygens (including phenoxy) is 2. The second-order valence-corrected chi connectivity index (χ2v) is 3.34. The molecule has 0 radical (unpaired) electrons. The van der Waals surface area contributed by atoms with Gasteiger partial charge < -0.3 is 25.8 Å². The molecule has 0 bridgehead atoms. The molecule has 90 valence electrons. The van der Waals surface area contributed by atoms with Crippen LogP contribution in [0.1, 0.15) is 0 Å². The largest absolute Gasteiger partial charge is 0.454 e. The number of carbonyl (C=O) groups is 2. The lowest BCUT2D eigenvalue weighted by Gasteiger charge is -2.06. The zero-order chi connectivity index (χ0) is 12.3. The summed E-state index contributed by atoms with van der Waals surface area (Å²) in [5, 5.41) is 4.84. The number of anilines is 1. The van der Waals surface area contributed by atoms with Crippen molar-refractivity contribution in [1.82, 2.24) is 5.32 Å². The predicted octanol–water partition coefficient (Wildman–Crippen LogP) is 0.0221. The topological polar surface area (TPSA) is 103 Å². The number of nitrogens with two attached hydrogens (primary N) is 1. The summed E-state index contributed by atoms with van der Waals surface area (Å²) in [7, 11) is 0. The molecule has 7 heteroatoms. The average molecular weight is 237 g/mol. The minimum absolute atomic E-state index is 0.173. The van der Waals surface area contributed by atoms with Crippen LogP contribution in [0.3, 0.4) is 0 Å². The van der Waals surface area contributed by atoms with Gasteiger partial charge in [-0.2, -0.15) is 0 Å². The van der Waals surface area contributed by atoms with Crippen molar-refractivity contribution in [3.8, 4) is 11.5 Å². The fraction of sp³-hybridized carbons (Fsp3) is 0.200. The molecule has 2 rings (SSSR count). The molecule has 4 N–H and O–H groups in total. The highest BCUT2D eigenvalue weighted by molar-refractivity contribution is 5.92. The molecule has 0 unspecified atom stereocenters. The predicted molar refractivity (Wildman–Crippen MR) is 58.8 cm³/mol. The smallest absolute Gasteiger partial charge is 0.319 e. The number of hydrogen-bond acceptors (Lipinski definition) is 4. The van der Waals surface area contributed by atoms with Crippen molar-refractivity contribution in [2.45, 2.75) is 0 Å². The van der Waals surface area contributed by atoms with Crippen LogP contribution in [0, 0.1) is 0 Å². The third-order valence-corrected chi connectivity index (χ3v) is 2.05. The zero-order valence-electron chi connectivity index (χ0n) is 8.86. The lowest BCUT2D eigenvalue weighted by atomic mass is 10.3. The number of fused-ring (bicyclic) bond motifs is 1. The van der Waals surface area contributed by atoms with Crippen LogP contribution in [0.2, 0.25) is 0 Å². The van der Waals surface area contributed by atoms with Crippen molar-refractivity contribution in [2.75, 3.05) is 18.7 Å². The highest BCUT2D eigenvalue weighted by atomic mass is 16.7. The van der Waals surface area contributed by atoms with Crippen LogP contribution in [-0.4, -0.2) is 25.3 Å². The molecule has 1 aromatic rings. The van der Waals surface area contributed by atoms with Gasteiger partial charge in [-0.25, -0.2) is 4.79 Å². The molecule has 3 amide bonds. The molecule has 0 atom stereocenters. The lowest BCUT2D eigenvalue weighted by Crippen LogP contribution is -2.36. The molecule has 0 saturated heterocycles. The van der Waals surface area contributed by atoms with Crippen molar-refractivity contribution in [3.63, 3.8) is 0 Å². The molecule has 0 fully saturated rings. The number of carbonyl (C=O) groups excluding carboxylic acids is 2. The highest BCUT2D eigenvalue weighted by Crippen LogP contribution is 2.34. The van der Waals surface area contributed by atoms with Gasteiger partial charge in [0.05, 0.1) is 6.54 Å². The maximum atomic E-state index is 11.3. The first-order valence-corrected chi connectivity index (χ1v) is 4.88. The zero-order valence-corrected chi connectivity index (χ0v) is 8.86. The summed E-state index contributed by atoms with van der Waals surface area (Å²) < 4.78 is 10.3. The van der Waals surface area contributed by atoms with E-state index in [1.54, 1.807) is 18.2 Å². The average Bonchev–Trinajstić information content (AvgIpc) is 2.73. The van der Waals surface area contributed by atoms with Crippen LogP contribution in [0.15, 0.2) is 18.2 Å². The number of amides is 3. The Balaban J connectivity index is 1.95. The lowest BCUT2D eigenvalue weighted by molar-refractivity contribution is -0.117. The van der Waals surface area contributed by atoms with Crippen LogP contribution in [0.4, 0.5) is 10.5 Å². The highest BCUT2D eigenvalue weighted by Gasteiger charge is 2.13. The van der Waals surface area contributed by atoms with Gasteiger partial charge in [-0.3, -0.25) is 4.79 Å². The molecule has 0 aromatic heterocycles. The van der Waals surface area contributed by atoms with Crippen molar-refractivity contribution in [1.29, 1.82) is 0 Å². The van der Waals surface area contributed by atoms with E-state index in [1.165, 1.54) is 0 Å². The maximum absolute atomic E-state index is 11.3.